The van der Waals surface area contributed by atoms with Crippen LogP contribution in [-0.4, -0.2) is 0 Å². The van der Waals surface area contributed by atoms with E-state index in [-0.39, 0.29) is 35.3 Å². The molecule has 40 valence electrons. The van der Waals surface area contributed by atoms with Crippen molar-refractivity contribution in [2.24, 2.45) is 0 Å². The van der Waals surface area contributed by atoms with Gasteiger partial charge in [0.25, 0.3) is 0 Å². The Morgan fingerprint density at radius 2 is 0.600 bits per heavy atom. The maximum absolute atomic E-state index is 0. The van der Waals surface area contributed by atoms with Crippen molar-refractivity contribution in [3.63, 3.8) is 0 Å². The topological polar surface area (TPSA) is 0 Å². The van der Waals surface area contributed by atoms with Crippen molar-refractivity contribution >= 4 is 0 Å². The van der Waals surface area contributed by atoms with Crippen LogP contribution in [0.2, 0.25) is 0 Å². The van der Waals surface area contributed by atoms with E-state index >= 15 is 0 Å². The van der Waals surface area contributed by atoms with Crippen molar-refractivity contribution < 1.29 is 35.3 Å². The first-order valence-electron chi connectivity index (χ1n) is 0. The fraction of sp³-hybridized carbons (Fsp3) is 0. The minimum absolute atomic E-state index is 0. The van der Waals surface area contributed by atoms with E-state index in [1.54, 1.807) is 0 Å². The van der Waals surface area contributed by atoms with Gasteiger partial charge in [-0.15, -0.1) is 0 Å². The van der Waals surface area contributed by atoms with Gasteiger partial charge in [-0.05, 0) is 0 Å². The zero-order chi connectivity index (χ0) is 0. The molecule has 0 saturated carbocycles. The Kier molecular flexibility index (Phi) is 388000. The molecule has 0 fully saturated rings. The predicted octanol–water partition coefficient (Wildman–Crippen LogP) is -5.69. The van der Waals surface area contributed by atoms with Gasteiger partial charge in [-0.2, -0.15) is 0 Å². The van der Waals surface area contributed by atoms with Crippen LogP contribution >= 0.6 is 0 Å². The smallest absolute Gasteiger partial charge is 1.00 e. The molecule has 0 bridgehead atoms. The summed E-state index contributed by atoms with van der Waals surface area (Å²) in [6.45, 7) is 0. The molecule has 0 saturated heterocycles. The van der Waals surface area contributed by atoms with E-state index in [4.69, 9.17) is 0 Å². The second-order valence-corrected chi connectivity index (χ2v) is 0. The second kappa shape index (κ2) is 955. The van der Waals surface area contributed by atoms with E-state index in [1.807, 2.05) is 0 Å². The third-order valence-electron chi connectivity index (χ3n) is 0. The van der Waals surface area contributed by atoms with Gasteiger partial charge in [0.2, 0.25) is 0 Å². The first kappa shape index (κ1) is 2030. The molecule has 0 radical (unpaired) electrons. The van der Waals surface area contributed by atoms with Crippen molar-refractivity contribution in [2.45, 2.75) is 0 Å². The molecule has 0 heterocycles. The maximum atomic E-state index is 0. The van der Waals surface area contributed by atoms with Gasteiger partial charge in [0.05, 0.1) is 0 Å². The summed E-state index contributed by atoms with van der Waals surface area (Å²) < 4.78 is 0. The molecular formula is H2F4Ni. The number of hydrogen-bond donors (Lipinski definition) is 0. The Bertz CT molecular complexity index is 3.61. The SMILES string of the molecule is F.F.[F-].[F-].[Ni+2]. The third kappa shape index (κ3) is 453. The van der Waals surface area contributed by atoms with E-state index in [9.17, 15) is 0 Å². The fourth-order valence-electron chi connectivity index (χ4n) is 0. The molecule has 0 unspecified atom stereocenters. The average Bonchev–Trinajstić information content (AvgIpc) is 0. The summed E-state index contributed by atoms with van der Waals surface area (Å²) in [4.78, 5) is 0. The molecule has 0 amide bonds. The van der Waals surface area contributed by atoms with Crippen LogP contribution in [-0.2, 0) is 16.5 Å². The monoisotopic (exact) mass is 136 g/mol. The van der Waals surface area contributed by atoms with Gasteiger partial charge in [-0.1, -0.05) is 0 Å². The van der Waals surface area contributed by atoms with Gasteiger partial charge >= 0.3 is 16.5 Å². The van der Waals surface area contributed by atoms with Crippen LogP contribution < -0.4 is 9.41 Å². The molecule has 0 aromatic rings. The molecule has 0 aliphatic heterocycles. The quantitative estimate of drug-likeness (QED) is 0.230. The average molecular weight is 137 g/mol. The summed E-state index contributed by atoms with van der Waals surface area (Å²) in [5.74, 6) is 0. The van der Waals surface area contributed by atoms with E-state index in [0.29, 0.717) is 0 Å². The summed E-state index contributed by atoms with van der Waals surface area (Å²) in [5.41, 5.74) is 0. The van der Waals surface area contributed by atoms with E-state index in [2.05, 4.69) is 0 Å². The van der Waals surface area contributed by atoms with Crippen molar-refractivity contribution in [3.8, 4) is 0 Å². The Morgan fingerprint density at radius 3 is 0.600 bits per heavy atom. The van der Waals surface area contributed by atoms with Crippen LogP contribution in [0.1, 0.15) is 0 Å². The molecule has 0 N–H and O–H groups in total. The van der Waals surface area contributed by atoms with Gasteiger partial charge in [0, 0.05) is 0 Å². The van der Waals surface area contributed by atoms with Crippen molar-refractivity contribution in [2.75, 3.05) is 0 Å². The third-order valence-corrected chi connectivity index (χ3v) is 0. The molecule has 0 aromatic heterocycles. The summed E-state index contributed by atoms with van der Waals surface area (Å²) in [5, 5.41) is 0. The minimum Gasteiger partial charge on any atom is -1.00 e. The van der Waals surface area contributed by atoms with E-state index in [1.165, 1.54) is 0 Å². The Hall–Kier alpha value is 0.214. The number of rotatable bonds is 0. The van der Waals surface area contributed by atoms with Crippen molar-refractivity contribution in [3.05, 3.63) is 0 Å². The fourth-order valence-corrected chi connectivity index (χ4v) is 0. The Balaban J connectivity index is 0. The van der Waals surface area contributed by atoms with Gasteiger partial charge in [0.1, 0.15) is 0 Å². The summed E-state index contributed by atoms with van der Waals surface area (Å²) in [7, 11) is 0. The number of hydrogen-bond acceptors (Lipinski definition) is 0. The molecule has 0 nitrogen and oxygen atoms in total. The minimum atomic E-state index is 0. The first-order chi connectivity index (χ1) is 0. The molecule has 0 atom stereocenters. The molecule has 5 heavy (non-hydrogen) atoms. The molecule has 0 spiro atoms. The van der Waals surface area contributed by atoms with Gasteiger partial charge in [-0.3, -0.25) is 9.41 Å². The molecule has 0 aliphatic rings. The van der Waals surface area contributed by atoms with E-state index in [0.717, 1.165) is 0 Å². The van der Waals surface area contributed by atoms with Crippen LogP contribution in [0.15, 0.2) is 0 Å². The van der Waals surface area contributed by atoms with Crippen LogP contribution in [0.25, 0.3) is 0 Å². The van der Waals surface area contributed by atoms with Crippen molar-refractivity contribution in [1.82, 2.24) is 0 Å². The molecule has 5 heteroatoms. The summed E-state index contributed by atoms with van der Waals surface area (Å²) in [6.07, 6.45) is 0. The zero-order valence-electron chi connectivity index (χ0n) is 1.89. The van der Waals surface area contributed by atoms with Crippen LogP contribution in [0.5, 0.6) is 0 Å². The maximum Gasteiger partial charge on any atom is 2.00 e. The first-order valence-corrected chi connectivity index (χ1v) is 0. The summed E-state index contributed by atoms with van der Waals surface area (Å²) in [6, 6.07) is 0. The van der Waals surface area contributed by atoms with E-state index < -0.39 is 0 Å². The van der Waals surface area contributed by atoms with Gasteiger partial charge in [-0.25, -0.2) is 0 Å². The van der Waals surface area contributed by atoms with Crippen molar-refractivity contribution in [1.29, 1.82) is 0 Å². The number of halogens is 4. The molecule has 0 aliphatic carbocycles. The largest absolute Gasteiger partial charge is 2.00 e. The Labute approximate surface area is 36.3 Å². The Morgan fingerprint density at radius 1 is 0.600 bits per heavy atom. The summed E-state index contributed by atoms with van der Waals surface area (Å²) >= 11 is 0. The second-order valence-electron chi connectivity index (χ2n) is 0. The van der Waals surface area contributed by atoms with Gasteiger partial charge < -0.3 is 9.41 Å². The van der Waals surface area contributed by atoms with Crippen LogP contribution in [0.3, 0.4) is 0 Å². The molecule has 0 aromatic carbocycles. The van der Waals surface area contributed by atoms with Crippen LogP contribution in [0, 0.1) is 0 Å². The van der Waals surface area contributed by atoms with Gasteiger partial charge in [0.15, 0.2) is 0 Å². The predicted molar refractivity (Wildman–Crippen MR) is 5.01 cm³/mol. The molecule has 0 rings (SSSR count). The molecular weight excluding hydrogens is 135 g/mol. The van der Waals surface area contributed by atoms with Crippen LogP contribution in [0.4, 0.5) is 9.41 Å². The normalized spacial score (nSPS) is 0. The standard InChI is InChI=1S/4FH.Ni/h4*1H;/q;;;;+2/p-2. The zero-order valence-corrected chi connectivity index (χ0v) is 2.88.